The van der Waals surface area contributed by atoms with Crippen LogP contribution in [0, 0.1) is 5.92 Å². The second kappa shape index (κ2) is 8.34. The van der Waals surface area contributed by atoms with Crippen LogP contribution in [0.4, 0.5) is 0 Å². The number of nitrogens with one attached hydrogen (secondary N) is 1. The molecule has 0 aromatic heterocycles. The van der Waals surface area contributed by atoms with Crippen LogP contribution >= 0.6 is 0 Å². The summed E-state index contributed by atoms with van der Waals surface area (Å²) in [5.41, 5.74) is 1.46. The molecule has 0 bridgehead atoms. The quantitative estimate of drug-likeness (QED) is 0.812. The Morgan fingerprint density at radius 2 is 1.95 bits per heavy atom. The summed E-state index contributed by atoms with van der Waals surface area (Å²) in [5, 5.41) is 3.66. The van der Waals surface area contributed by atoms with Crippen LogP contribution in [0.3, 0.4) is 0 Å². The van der Waals surface area contributed by atoms with E-state index in [0.29, 0.717) is 6.04 Å². The minimum absolute atomic E-state index is 0.660. The van der Waals surface area contributed by atoms with Gasteiger partial charge in [0, 0.05) is 19.3 Å². The summed E-state index contributed by atoms with van der Waals surface area (Å²) in [4.78, 5) is 0. The highest BCUT2D eigenvalue weighted by Crippen LogP contribution is 2.22. The first kappa shape index (κ1) is 14.5. The van der Waals surface area contributed by atoms with Gasteiger partial charge in [-0.25, -0.2) is 0 Å². The third kappa shape index (κ3) is 5.33. The molecule has 0 saturated carbocycles. The van der Waals surface area contributed by atoms with Gasteiger partial charge in [-0.15, -0.1) is 0 Å². The molecule has 0 amide bonds. The Morgan fingerprint density at radius 3 is 2.63 bits per heavy atom. The van der Waals surface area contributed by atoms with Gasteiger partial charge in [-0.1, -0.05) is 37.3 Å². The third-order valence-electron chi connectivity index (χ3n) is 4.08. The van der Waals surface area contributed by atoms with E-state index in [-0.39, 0.29) is 0 Å². The molecule has 2 heteroatoms. The molecule has 0 aliphatic carbocycles. The molecule has 1 fully saturated rings. The van der Waals surface area contributed by atoms with Crippen molar-refractivity contribution >= 4 is 0 Å². The minimum atomic E-state index is 0.660. The number of benzene rings is 1. The molecule has 1 aromatic rings. The first-order valence-electron chi connectivity index (χ1n) is 7.73. The molecule has 106 valence electrons. The van der Waals surface area contributed by atoms with E-state index in [0.717, 1.165) is 25.7 Å². The van der Waals surface area contributed by atoms with Crippen molar-refractivity contribution in [3.8, 4) is 0 Å². The van der Waals surface area contributed by atoms with Gasteiger partial charge in [-0.05, 0) is 50.1 Å². The largest absolute Gasteiger partial charge is 0.381 e. The summed E-state index contributed by atoms with van der Waals surface area (Å²) < 4.78 is 5.45. The molecule has 1 aliphatic heterocycles. The van der Waals surface area contributed by atoms with Crippen molar-refractivity contribution in [1.29, 1.82) is 0 Å². The number of ether oxygens (including phenoxy) is 1. The van der Waals surface area contributed by atoms with Crippen LogP contribution in [0.15, 0.2) is 30.3 Å². The van der Waals surface area contributed by atoms with E-state index in [2.05, 4.69) is 42.6 Å². The van der Waals surface area contributed by atoms with Crippen molar-refractivity contribution < 1.29 is 4.74 Å². The molecule has 2 rings (SSSR count). The molecule has 1 aliphatic rings. The fourth-order valence-corrected chi connectivity index (χ4v) is 2.96. The smallest absolute Gasteiger partial charge is 0.0468 e. The van der Waals surface area contributed by atoms with Crippen LogP contribution in [-0.2, 0) is 11.2 Å². The molecule has 1 heterocycles. The molecular formula is C17H27NO. The van der Waals surface area contributed by atoms with E-state index in [1.807, 2.05) is 0 Å². The van der Waals surface area contributed by atoms with Gasteiger partial charge >= 0.3 is 0 Å². The van der Waals surface area contributed by atoms with Crippen LogP contribution in [0.5, 0.6) is 0 Å². The van der Waals surface area contributed by atoms with E-state index in [4.69, 9.17) is 4.74 Å². The molecule has 19 heavy (non-hydrogen) atoms. The van der Waals surface area contributed by atoms with Gasteiger partial charge in [-0.3, -0.25) is 0 Å². The molecule has 1 aromatic carbocycles. The van der Waals surface area contributed by atoms with Crippen LogP contribution in [-0.4, -0.2) is 25.8 Å². The Kier molecular flexibility index (Phi) is 6.38. The monoisotopic (exact) mass is 261 g/mol. The van der Waals surface area contributed by atoms with Gasteiger partial charge in [0.1, 0.15) is 0 Å². The van der Waals surface area contributed by atoms with Crippen molar-refractivity contribution in [2.75, 3.05) is 19.8 Å². The van der Waals surface area contributed by atoms with Crippen molar-refractivity contribution in [3.63, 3.8) is 0 Å². The molecule has 0 spiro atoms. The Balaban J connectivity index is 1.78. The SMILES string of the molecule is CCNC(CCc1ccccc1)CC1CCOCC1. The lowest BCUT2D eigenvalue weighted by atomic mass is 9.90. The Morgan fingerprint density at radius 1 is 1.21 bits per heavy atom. The topological polar surface area (TPSA) is 21.3 Å². The van der Waals surface area contributed by atoms with Crippen molar-refractivity contribution in [3.05, 3.63) is 35.9 Å². The summed E-state index contributed by atoms with van der Waals surface area (Å²) >= 11 is 0. The Bertz CT molecular complexity index is 332. The molecule has 0 radical (unpaired) electrons. The summed E-state index contributed by atoms with van der Waals surface area (Å²) in [6.45, 7) is 5.20. The van der Waals surface area contributed by atoms with Gasteiger partial charge in [0.25, 0.3) is 0 Å². The zero-order chi connectivity index (χ0) is 13.3. The van der Waals surface area contributed by atoms with Crippen molar-refractivity contribution in [2.45, 2.75) is 45.1 Å². The fourth-order valence-electron chi connectivity index (χ4n) is 2.96. The first-order chi connectivity index (χ1) is 9.38. The second-order valence-corrected chi connectivity index (χ2v) is 5.57. The van der Waals surface area contributed by atoms with Crippen LogP contribution in [0.25, 0.3) is 0 Å². The highest BCUT2D eigenvalue weighted by atomic mass is 16.5. The first-order valence-corrected chi connectivity index (χ1v) is 7.73. The standard InChI is InChI=1S/C17H27NO/c1-2-18-17(14-16-10-12-19-13-11-16)9-8-15-6-4-3-5-7-15/h3-7,16-18H,2,8-14H2,1H3. The Labute approximate surface area is 117 Å². The van der Waals surface area contributed by atoms with Crippen molar-refractivity contribution in [2.24, 2.45) is 5.92 Å². The van der Waals surface area contributed by atoms with E-state index >= 15 is 0 Å². The lowest BCUT2D eigenvalue weighted by Gasteiger charge is -2.27. The summed E-state index contributed by atoms with van der Waals surface area (Å²) in [6, 6.07) is 11.5. The second-order valence-electron chi connectivity index (χ2n) is 5.57. The van der Waals surface area contributed by atoms with Gasteiger partial charge in [0.15, 0.2) is 0 Å². The van der Waals surface area contributed by atoms with E-state index < -0.39 is 0 Å². The van der Waals surface area contributed by atoms with Gasteiger partial charge in [0.2, 0.25) is 0 Å². The van der Waals surface area contributed by atoms with E-state index in [1.54, 1.807) is 0 Å². The van der Waals surface area contributed by atoms with Gasteiger partial charge in [0.05, 0.1) is 0 Å². The average molecular weight is 261 g/mol. The zero-order valence-corrected chi connectivity index (χ0v) is 12.1. The summed E-state index contributed by atoms with van der Waals surface area (Å²) in [7, 11) is 0. The molecule has 1 atom stereocenters. The van der Waals surface area contributed by atoms with Crippen LogP contribution < -0.4 is 5.32 Å². The normalized spacial score (nSPS) is 18.4. The lowest BCUT2D eigenvalue weighted by molar-refractivity contribution is 0.0603. The molecule has 1 saturated heterocycles. The Hall–Kier alpha value is -0.860. The summed E-state index contributed by atoms with van der Waals surface area (Å²) in [5.74, 6) is 0.855. The maximum Gasteiger partial charge on any atom is 0.0468 e. The predicted molar refractivity (Wildman–Crippen MR) is 80.4 cm³/mol. The number of hydrogen-bond acceptors (Lipinski definition) is 2. The maximum atomic E-state index is 5.45. The van der Waals surface area contributed by atoms with Crippen LogP contribution in [0.1, 0.15) is 38.2 Å². The zero-order valence-electron chi connectivity index (χ0n) is 12.1. The highest BCUT2D eigenvalue weighted by Gasteiger charge is 2.18. The molecule has 1 unspecified atom stereocenters. The fraction of sp³-hybridized carbons (Fsp3) is 0.647. The minimum Gasteiger partial charge on any atom is -0.381 e. The lowest BCUT2D eigenvalue weighted by Crippen LogP contribution is -2.33. The van der Waals surface area contributed by atoms with Gasteiger partial charge in [-0.2, -0.15) is 0 Å². The number of aryl methyl sites for hydroxylation is 1. The van der Waals surface area contributed by atoms with Gasteiger partial charge < -0.3 is 10.1 Å². The average Bonchev–Trinajstić information content (AvgIpc) is 2.47. The van der Waals surface area contributed by atoms with E-state index in [9.17, 15) is 0 Å². The highest BCUT2D eigenvalue weighted by molar-refractivity contribution is 5.14. The molecule has 1 N–H and O–H groups in total. The summed E-state index contributed by atoms with van der Waals surface area (Å²) in [6.07, 6.45) is 6.22. The molecule has 2 nitrogen and oxygen atoms in total. The maximum absolute atomic E-state index is 5.45. The van der Waals surface area contributed by atoms with Crippen molar-refractivity contribution in [1.82, 2.24) is 5.32 Å². The third-order valence-corrected chi connectivity index (χ3v) is 4.08. The molecular weight excluding hydrogens is 234 g/mol. The van der Waals surface area contributed by atoms with Crippen LogP contribution in [0.2, 0.25) is 0 Å². The van der Waals surface area contributed by atoms with E-state index in [1.165, 1.54) is 37.7 Å². The number of rotatable bonds is 7. The predicted octanol–water partition coefficient (Wildman–Crippen LogP) is 3.41. The number of hydrogen-bond donors (Lipinski definition) is 1.